The van der Waals surface area contributed by atoms with E-state index >= 15 is 0 Å². The van der Waals surface area contributed by atoms with Crippen LogP contribution in [0.15, 0.2) is 52.6 Å². The Labute approximate surface area is 147 Å². The fourth-order valence-electron chi connectivity index (χ4n) is 2.85. The number of sulfonamides is 1. The molecule has 0 saturated heterocycles. The zero-order valence-electron chi connectivity index (χ0n) is 14.5. The number of aromatic amines is 1. The summed E-state index contributed by atoms with van der Waals surface area (Å²) in [6, 6.07) is 11.4. The monoisotopic (exact) mass is 355 g/mol. The van der Waals surface area contributed by atoms with Gasteiger partial charge in [-0.1, -0.05) is 37.3 Å². The summed E-state index contributed by atoms with van der Waals surface area (Å²) >= 11 is 0. The number of rotatable bonds is 5. The second-order valence-electron chi connectivity index (χ2n) is 6.06. The largest absolute Gasteiger partial charge is 0.360 e. The van der Waals surface area contributed by atoms with Gasteiger partial charge in [0.2, 0.25) is 0 Å². The van der Waals surface area contributed by atoms with E-state index in [1.54, 1.807) is 19.1 Å². The minimum absolute atomic E-state index is 0.247. The van der Waals surface area contributed by atoms with Crippen LogP contribution >= 0.6 is 0 Å². The molecular formula is C19H21N3O2S. The predicted octanol–water partition coefficient (Wildman–Crippen LogP) is 3.66. The SMILES string of the molecule is CCc1cccc2c(C=NNS(=O)(=O)c3cc(C)ccc3C)c[nH]c12. The third kappa shape index (κ3) is 3.44. The van der Waals surface area contributed by atoms with Gasteiger partial charge < -0.3 is 4.98 Å². The zero-order valence-corrected chi connectivity index (χ0v) is 15.3. The highest BCUT2D eigenvalue weighted by molar-refractivity contribution is 7.89. The smallest absolute Gasteiger partial charge is 0.276 e. The maximum Gasteiger partial charge on any atom is 0.276 e. The fourth-order valence-corrected chi connectivity index (χ4v) is 3.97. The highest BCUT2D eigenvalue weighted by Crippen LogP contribution is 2.21. The molecule has 0 aliphatic heterocycles. The minimum Gasteiger partial charge on any atom is -0.360 e. The molecule has 0 unspecified atom stereocenters. The average molecular weight is 355 g/mol. The van der Waals surface area contributed by atoms with E-state index in [2.05, 4.69) is 27.9 Å². The molecule has 0 aliphatic carbocycles. The number of aryl methyl sites for hydroxylation is 3. The maximum absolute atomic E-state index is 12.5. The van der Waals surface area contributed by atoms with Gasteiger partial charge in [-0.25, -0.2) is 4.83 Å². The molecule has 2 aromatic carbocycles. The first-order valence-corrected chi connectivity index (χ1v) is 9.62. The van der Waals surface area contributed by atoms with Gasteiger partial charge in [0.1, 0.15) is 0 Å². The molecule has 0 fully saturated rings. The van der Waals surface area contributed by atoms with E-state index in [4.69, 9.17) is 0 Å². The Morgan fingerprint density at radius 2 is 2.00 bits per heavy atom. The van der Waals surface area contributed by atoms with E-state index in [1.807, 2.05) is 31.3 Å². The van der Waals surface area contributed by atoms with Crippen LogP contribution in [-0.2, 0) is 16.4 Å². The fraction of sp³-hybridized carbons (Fsp3) is 0.211. The van der Waals surface area contributed by atoms with Crippen molar-refractivity contribution < 1.29 is 8.42 Å². The van der Waals surface area contributed by atoms with Gasteiger partial charge in [-0.3, -0.25) is 0 Å². The summed E-state index contributed by atoms with van der Waals surface area (Å²) in [5.41, 5.74) is 4.69. The number of hydrogen-bond donors (Lipinski definition) is 2. The van der Waals surface area contributed by atoms with Crippen molar-refractivity contribution in [1.29, 1.82) is 0 Å². The minimum atomic E-state index is -3.69. The topological polar surface area (TPSA) is 74.3 Å². The lowest BCUT2D eigenvalue weighted by Gasteiger charge is -2.07. The van der Waals surface area contributed by atoms with Gasteiger partial charge in [-0.15, -0.1) is 0 Å². The maximum atomic E-state index is 12.5. The summed E-state index contributed by atoms with van der Waals surface area (Å²) in [5, 5.41) is 4.98. The van der Waals surface area contributed by atoms with Crippen LogP contribution < -0.4 is 4.83 Å². The van der Waals surface area contributed by atoms with Gasteiger partial charge in [0.25, 0.3) is 10.0 Å². The van der Waals surface area contributed by atoms with Gasteiger partial charge in [0.05, 0.1) is 11.1 Å². The molecule has 0 aliphatic rings. The predicted molar refractivity (Wildman–Crippen MR) is 102 cm³/mol. The number of para-hydroxylation sites is 1. The standard InChI is InChI=1S/C19H21N3O2S/c1-4-15-6-5-7-17-16(11-20-19(15)17)12-21-22-25(23,24)18-10-13(2)8-9-14(18)3/h5-12,20,22H,4H2,1-3H3. The van der Waals surface area contributed by atoms with Crippen LogP contribution in [0.5, 0.6) is 0 Å². The van der Waals surface area contributed by atoms with Crippen LogP contribution in [0, 0.1) is 13.8 Å². The summed E-state index contributed by atoms with van der Waals surface area (Å²) in [4.78, 5) is 5.78. The van der Waals surface area contributed by atoms with Gasteiger partial charge in [0, 0.05) is 22.7 Å². The van der Waals surface area contributed by atoms with Crippen LogP contribution in [0.1, 0.15) is 29.2 Å². The normalized spacial score (nSPS) is 12.1. The van der Waals surface area contributed by atoms with E-state index < -0.39 is 10.0 Å². The van der Waals surface area contributed by atoms with Crippen molar-refractivity contribution in [2.45, 2.75) is 32.1 Å². The van der Waals surface area contributed by atoms with Crippen LogP contribution in [0.4, 0.5) is 0 Å². The molecule has 3 aromatic rings. The number of benzene rings is 2. The summed E-state index contributed by atoms with van der Waals surface area (Å²) in [5.74, 6) is 0. The van der Waals surface area contributed by atoms with Gasteiger partial charge in [-0.2, -0.15) is 13.5 Å². The molecule has 0 bridgehead atoms. The molecule has 25 heavy (non-hydrogen) atoms. The molecular weight excluding hydrogens is 334 g/mol. The molecule has 3 rings (SSSR count). The quantitative estimate of drug-likeness (QED) is 0.541. The molecule has 0 atom stereocenters. The Morgan fingerprint density at radius 1 is 1.20 bits per heavy atom. The van der Waals surface area contributed by atoms with Crippen LogP contribution in [0.2, 0.25) is 0 Å². The van der Waals surface area contributed by atoms with Crippen molar-refractivity contribution in [3.05, 3.63) is 64.8 Å². The number of hydrogen-bond acceptors (Lipinski definition) is 3. The molecule has 1 heterocycles. The number of H-pyrrole nitrogens is 1. The number of nitrogens with zero attached hydrogens (tertiary/aromatic N) is 1. The Hall–Kier alpha value is -2.60. The highest BCUT2D eigenvalue weighted by Gasteiger charge is 2.16. The summed E-state index contributed by atoms with van der Waals surface area (Å²) in [6.07, 6.45) is 4.29. The summed E-state index contributed by atoms with van der Waals surface area (Å²) in [7, 11) is -3.69. The van der Waals surface area contributed by atoms with Crippen molar-refractivity contribution >= 4 is 27.1 Å². The van der Waals surface area contributed by atoms with Crippen LogP contribution in [-0.4, -0.2) is 19.6 Å². The van der Waals surface area contributed by atoms with E-state index in [1.165, 1.54) is 11.8 Å². The third-order valence-electron chi connectivity index (χ3n) is 4.22. The molecule has 0 amide bonds. The Morgan fingerprint density at radius 3 is 2.76 bits per heavy atom. The lowest BCUT2D eigenvalue weighted by atomic mass is 10.1. The van der Waals surface area contributed by atoms with Gasteiger partial charge >= 0.3 is 0 Å². The first kappa shape index (κ1) is 17.2. The van der Waals surface area contributed by atoms with E-state index in [-0.39, 0.29) is 4.90 Å². The van der Waals surface area contributed by atoms with Gasteiger partial charge in [0.15, 0.2) is 0 Å². The van der Waals surface area contributed by atoms with Gasteiger partial charge in [-0.05, 0) is 43.0 Å². The molecule has 130 valence electrons. The van der Waals surface area contributed by atoms with Crippen LogP contribution in [0.3, 0.4) is 0 Å². The number of fused-ring (bicyclic) bond motifs is 1. The summed E-state index contributed by atoms with van der Waals surface area (Å²) < 4.78 is 24.9. The second kappa shape index (κ2) is 6.72. The first-order chi connectivity index (χ1) is 11.9. The van der Waals surface area contributed by atoms with E-state index in [0.29, 0.717) is 5.56 Å². The zero-order chi connectivity index (χ0) is 18.0. The lowest BCUT2D eigenvalue weighted by Crippen LogP contribution is -2.19. The Balaban J connectivity index is 1.87. The van der Waals surface area contributed by atoms with Crippen molar-refractivity contribution in [2.75, 3.05) is 0 Å². The average Bonchev–Trinajstić information content (AvgIpc) is 3.00. The lowest BCUT2D eigenvalue weighted by molar-refractivity contribution is 0.584. The molecule has 0 spiro atoms. The van der Waals surface area contributed by atoms with E-state index in [9.17, 15) is 8.42 Å². The Bertz CT molecular complexity index is 1050. The van der Waals surface area contributed by atoms with Crippen molar-refractivity contribution in [1.82, 2.24) is 9.82 Å². The number of hydrazone groups is 1. The van der Waals surface area contributed by atoms with Crippen molar-refractivity contribution in [3.63, 3.8) is 0 Å². The third-order valence-corrected chi connectivity index (χ3v) is 5.59. The van der Waals surface area contributed by atoms with Crippen molar-refractivity contribution in [2.24, 2.45) is 5.10 Å². The van der Waals surface area contributed by atoms with E-state index in [0.717, 1.165) is 28.5 Å². The first-order valence-electron chi connectivity index (χ1n) is 8.13. The molecule has 5 nitrogen and oxygen atoms in total. The molecule has 2 N–H and O–H groups in total. The molecule has 6 heteroatoms. The second-order valence-corrected chi connectivity index (χ2v) is 7.69. The molecule has 1 aromatic heterocycles. The van der Waals surface area contributed by atoms with Crippen LogP contribution in [0.25, 0.3) is 10.9 Å². The molecule has 0 saturated carbocycles. The highest BCUT2D eigenvalue weighted by atomic mass is 32.2. The summed E-state index contributed by atoms with van der Waals surface area (Å²) in [6.45, 7) is 5.73. The molecule has 0 radical (unpaired) electrons. The number of aromatic nitrogens is 1. The Kier molecular flexibility index (Phi) is 4.63. The van der Waals surface area contributed by atoms with Crippen molar-refractivity contribution in [3.8, 4) is 0 Å². The number of nitrogens with one attached hydrogen (secondary N) is 2.